The molecule has 188 valence electrons. The first-order valence-electron chi connectivity index (χ1n) is 12.6. The van der Waals surface area contributed by atoms with Crippen molar-refractivity contribution in [1.29, 1.82) is 0 Å². The van der Waals surface area contributed by atoms with Crippen molar-refractivity contribution < 1.29 is 14.3 Å². The predicted octanol–water partition coefficient (Wildman–Crippen LogP) is 2.77. The zero-order valence-corrected chi connectivity index (χ0v) is 20.7. The van der Waals surface area contributed by atoms with Gasteiger partial charge in [0, 0.05) is 45.2 Å². The van der Waals surface area contributed by atoms with Crippen LogP contribution in [0.4, 0.5) is 5.69 Å². The van der Waals surface area contributed by atoms with Gasteiger partial charge in [-0.3, -0.25) is 15.0 Å². The number of ether oxygens (including phenoxy) is 1. The second-order valence-corrected chi connectivity index (χ2v) is 9.17. The third-order valence-corrected chi connectivity index (χ3v) is 6.27. The van der Waals surface area contributed by atoms with E-state index >= 15 is 0 Å². The van der Waals surface area contributed by atoms with Gasteiger partial charge in [0.2, 0.25) is 5.91 Å². The van der Waals surface area contributed by atoms with Crippen LogP contribution in [0.5, 0.6) is 5.75 Å². The number of piperidine rings is 1. The molecule has 9 nitrogen and oxygen atoms in total. The molecule has 1 fully saturated rings. The second kappa shape index (κ2) is 13.2. The molecule has 0 spiro atoms. The summed E-state index contributed by atoms with van der Waals surface area (Å²) in [6.45, 7) is 5.88. The van der Waals surface area contributed by atoms with Crippen molar-refractivity contribution in [3.05, 3.63) is 23.8 Å². The van der Waals surface area contributed by atoms with E-state index in [1.54, 1.807) is 4.90 Å². The monoisotopic (exact) mass is 472 g/mol. The number of amides is 2. The van der Waals surface area contributed by atoms with Crippen molar-refractivity contribution in [2.24, 2.45) is 10.7 Å². The number of carbonyl (C=O) groups excluding carboxylic acids is 2. The highest BCUT2D eigenvalue weighted by atomic mass is 16.5. The first kappa shape index (κ1) is 25.8. The Morgan fingerprint density at radius 1 is 1.18 bits per heavy atom. The average Bonchev–Trinajstić information content (AvgIpc) is 2.83. The number of fused-ring (bicyclic) bond motifs is 1. The van der Waals surface area contributed by atoms with Gasteiger partial charge in [0.15, 0.2) is 5.96 Å². The fourth-order valence-corrected chi connectivity index (χ4v) is 4.22. The lowest BCUT2D eigenvalue weighted by atomic mass is 10.1. The first-order valence-corrected chi connectivity index (χ1v) is 12.6. The molecule has 2 aliphatic rings. The summed E-state index contributed by atoms with van der Waals surface area (Å²) in [5, 5.41) is 1.98. The number of hydrazine groups is 1. The molecule has 2 heterocycles. The third-order valence-electron chi connectivity index (χ3n) is 6.27. The van der Waals surface area contributed by atoms with Gasteiger partial charge in [-0.2, -0.15) is 0 Å². The molecule has 0 bridgehead atoms. The molecule has 0 aromatic heterocycles. The number of hydrogen-bond acceptors (Lipinski definition) is 7. The van der Waals surface area contributed by atoms with E-state index in [0.29, 0.717) is 32.0 Å². The molecule has 0 atom stereocenters. The number of nitrogens with two attached hydrogens (primary N) is 1. The van der Waals surface area contributed by atoms with Gasteiger partial charge in [0.05, 0.1) is 12.3 Å². The standard InChI is InChI=1S/C25H40N6O3/c1-3-4-6-13-29(2)24(33)10-9-16-34-21-11-12-22-20(17-21)18-30(25(26)27-22)19-23(32)28-31-14-7-5-8-15-31/h11-12,17H,3-10,13-16,18-19H2,1-2H3,(H2,26,27)(H,28,32). The predicted molar refractivity (Wildman–Crippen MR) is 134 cm³/mol. The van der Waals surface area contributed by atoms with Crippen LogP contribution in [0.1, 0.15) is 63.9 Å². The summed E-state index contributed by atoms with van der Waals surface area (Å²) < 4.78 is 5.89. The highest BCUT2D eigenvalue weighted by Gasteiger charge is 2.22. The Bertz CT molecular complexity index is 853. The van der Waals surface area contributed by atoms with Crippen LogP contribution in [0.15, 0.2) is 23.2 Å². The van der Waals surface area contributed by atoms with E-state index in [2.05, 4.69) is 17.3 Å². The number of hydrogen-bond donors (Lipinski definition) is 2. The minimum atomic E-state index is -0.0831. The smallest absolute Gasteiger partial charge is 0.253 e. The van der Waals surface area contributed by atoms with Crippen LogP contribution in [0.3, 0.4) is 0 Å². The number of nitrogens with zero attached hydrogens (tertiary/aromatic N) is 4. The first-order chi connectivity index (χ1) is 16.5. The fourth-order valence-electron chi connectivity index (χ4n) is 4.22. The number of carbonyl (C=O) groups is 2. The van der Waals surface area contributed by atoms with Gasteiger partial charge in [-0.15, -0.1) is 0 Å². The quantitative estimate of drug-likeness (QED) is 0.454. The summed E-state index contributed by atoms with van der Waals surface area (Å²) in [6.07, 6.45) is 7.92. The molecule has 34 heavy (non-hydrogen) atoms. The van der Waals surface area contributed by atoms with E-state index in [0.717, 1.165) is 68.7 Å². The Kier molecular flexibility index (Phi) is 10.00. The largest absolute Gasteiger partial charge is 0.494 e. The lowest BCUT2D eigenvalue weighted by molar-refractivity contribution is -0.130. The van der Waals surface area contributed by atoms with Crippen molar-refractivity contribution in [3.63, 3.8) is 0 Å². The minimum Gasteiger partial charge on any atom is -0.494 e. The van der Waals surface area contributed by atoms with E-state index in [1.807, 2.05) is 35.2 Å². The topological polar surface area (TPSA) is 104 Å². The number of guanidine groups is 1. The van der Waals surface area contributed by atoms with E-state index in [9.17, 15) is 9.59 Å². The Labute approximate surface area is 203 Å². The highest BCUT2D eigenvalue weighted by molar-refractivity contribution is 5.88. The van der Waals surface area contributed by atoms with Gasteiger partial charge in [0.1, 0.15) is 12.3 Å². The Morgan fingerprint density at radius 3 is 2.74 bits per heavy atom. The molecule has 1 saturated heterocycles. The van der Waals surface area contributed by atoms with Crippen molar-refractivity contribution in [1.82, 2.24) is 20.2 Å². The van der Waals surface area contributed by atoms with Crippen LogP contribution in [0.2, 0.25) is 0 Å². The van der Waals surface area contributed by atoms with Crippen molar-refractivity contribution in [2.45, 2.75) is 64.8 Å². The number of benzene rings is 1. The van der Waals surface area contributed by atoms with Gasteiger partial charge >= 0.3 is 0 Å². The summed E-state index contributed by atoms with van der Waals surface area (Å²) in [6, 6.07) is 5.70. The molecule has 2 amide bonds. The summed E-state index contributed by atoms with van der Waals surface area (Å²) in [4.78, 5) is 32.8. The SMILES string of the molecule is CCCCCN(C)C(=O)CCCOc1ccc2c(c1)CN(CC(=O)NN1CCCCC1)C(N)=N2. The number of nitrogens with one attached hydrogen (secondary N) is 1. The van der Waals surface area contributed by atoms with Crippen LogP contribution in [0, 0.1) is 0 Å². The van der Waals surface area contributed by atoms with Gasteiger partial charge in [-0.1, -0.05) is 26.2 Å². The van der Waals surface area contributed by atoms with Gasteiger partial charge < -0.3 is 20.3 Å². The van der Waals surface area contributed by atoms with Crippen molar-refractivity contribution in [3.8, 4) is 5.75 Å². The molecular formula is C25H40N6O3. The van der Waals surface area contributed by atoms with E-state index in [-0.39, 0.29) is 18.4 Å². The van der Waals surface area contributed by atoms with Gasteiger partial charge in [-0.05, 0) is 43.9 Å². The van der Waals surface area contributed by atoms with Crippen molar-refractivity contribution in [2.75, 3.05) is 39.8 Å². The van der Waals surface area contributed by atoms with Gasteiger partial charge in [-0.25, -0.2) is 10.0 Å². The molecule has 0 unspecified atom stereocenters. The summed E-state index contributed by atoms with van der Waals surface area (Å²) in [5.74, 6) is 1.15. The van der Waals surface area contributed by atoms with Crippen LogP contribution >= 0.6 is 0 Å². The zero-order valence-electron chi connectivity index (χ0n) is 20.7. The van der Waals surface area contributed by atoms with Crippen LogP contribution in [-0.4, -0.2) is 72.4 Å². The van der Waals surface area contributed by atoms with Crippen LogP contribution in [0.25, 0.3) is 0 Å². The van der Waals surface area contributed by atoms with E-state index < -0.39 is 0 Å². The minimum absolute atomic E-state index is 0.0831. The molecule has 0 saturated carbocycles. The molecule has 1 aromatic rings. The normalized spacial score (nSPS) is 15.9. The summed E-state index contributed by atoms with van der Waals surface area (Å²) in [7, 11) is 1.87. The Balaban J connectivity index is 1.44. The Morgan fingerprint density at radius 2 is 1.97 bits per heavy atom. The van der Waals surface area contributed by atoms with Crippen LogP contribution in [-0.2, 0) is 16.1 Å². The maximum absolute atomic E-state index is 12.5. The average molecular weight is 473 g/mol. The third kappa shape index (κ3) is 7.90. The molecule has 9 heteroatoms. The maximum Gasteiger partial charge on any atom is 0.253 e. The maximum atomic E-state index is 12.5. The lowest BCUT2D eigenvalue weighted by Gasteiger charge is -2.30. The molecule has 0 aliphatic carbocycles. The van der Waals surface area contributed by atoms with Gasteiger partial charge in [0.25, 0.3) is 5.91 Å². The summed E-state index contributed by atoms with van der Waals surface area (Å²) in [5.41, 5.74) is 10.8. The lowest BCUT2D eigenvalue weighted by Crippen LogP contribution is -2.50. The summed E-state index contributed by atoms with van der Waals surface area (Å²) >= 11 is 0. The highest BCUT2D eigenvalue weighted by Crippen LogP contribution is 2.29. The molecule has 3 N–H and O–H groups in total. The number of rotatable bonds is 12. The van der Waals surface area contributed by atoms with E-state index in [4.69, 9.17) is 10.5 Å². The molecule has 3 rings (SSSR count). The Hall–Kier alpha value is -2.81. The number of unbranched alkanes of at least 4 members (excludes halogenated alkanes) is 2. The molecule has 1 aromatic carbocycles. The fraction of sp³-hybridized carbons (Fsp3) is 0.640. The molecule has 0 radical (unpaired) electrons. The van der Waals surface area contributed by atoms with Crippen LogP contribution < -0.4 is 15.9 Å². The molecular weight excluding hydrogens is 432 g/mol. The molecule has 2 aliphatic heterocycles. The van der Waals surface area contributed by atoms with Crippen molar-refractivity contribution >= 4 is 23.5 Å². The second-order valence-electron chi connectivity index (χ2n) is 9.17. The zero-order chi connectivity index (χ0) is 24.3. The van der Waals surface area contributed by atoms with E-state index in [1.165, 1.54) is 6.42 Å². The number of aliphatic imine (C=N–C) groups is 1.